The van der Waals surface area contributed by atoms with E-state index in [1.165, 1.54) is 22.0 Å². The number of aromatic amines is 1. The number of hydrogen-bond donors (Lipinski definition) is 1. The van der Waals surface area contributed by atoms with Gasteiger partial charge in [-0.25, -0.2) is 0 Å². The Kier molecular flexibility index (Phi) is 2.32. The average molecular weight is 187 g/mol. The van der Waals surface area contributed by atoms with Crippen LogP contribution in [0.1, 0.15) is 37.8 Å². The number of benzene rings is 1. The number of H-pyrrole nitrogens is 1. The summed E-state index contributed by atoms with van der Waals surface area (Å²) in [4.78, 5) is 3.34. The highest BCUT2D eigenvalue weighted by molar-refractivity contribution is 5.84. The SMILES string of the molecule is CCc1ccc2c(C(C)C)c[nH]c2c1. The molecule has 1 heteroatoms. The molecule has 74 valence electrons. The van der Waals surface area contributed by atoms with E-state index in [1.54, 1.807) is 0 Å². The zero-order valence-electron chi connectivity index (χ0n) is 9.09. The van der Waals surface area contributed by atoms with Crippen LogP contribution >= 0.6 is 0 Å². The van der Waals surface area contributed by atoms with E-state index in [-0.39, 0.29) is 0 Å². The van der Waals surface area contributed by atoms with Crippen molar-refractivity contribution in [1.82, 2.24) is 4.98 Å². The number of hydrogen-bond acceptors (Lipinski definition) is 0. The van der Waals surface area contributed by atoms with Gasteiger partial charge in [-0.05, 0) is 29.5 Å². The lowest BCUT2D eigenvalue weighted by Gasteiger charge is -2.02. The Morgan fingerprint density at radius 1 is 1.29 bits per heavy atom. The number of fused-ring (bicyclic) bond motifs is 1. The van der Waals surface area contributed by atoms with Gasteiger partial charge in [0.05, 0.1) is 0 Å². The predicted octanol–water partition coefficient (Wildman–Crippen LogP) is 3.85. The first-order valence-corrected chi connectivity index (χ1v) is 5.32. The van der Waals surface area contributed by atoms with Crippen LogP contribution in [0.4, 0.5) is 0 Å². The van der Waals surface area contributed by atoms with Crippen molar-refractivity contribution in [2.24, 2.45) is 0 Å². The van der Waals surface area contributed by atoms with Gasteiger partial charge in [-0.15, -0.1) is 0 Å². The quantitative estimate of drug-likeness (QED) is 0.735. The Balaban J connectivity index is 2.59. The Labute approximate surface area is 85.1 Å². The van der Waals surface area contributed by atoms with Crippen LogP contribution in [0.15, 0.2) is 24.4 Å². The van der Waals surface area contributed by atoms with Crippen molar-refractivity contribution in [3.63, 3.8) is 0 Å². The maximum atomic E-state index is 3.34. The van der Waals surface area contributed by atoms with E-state index >= 15 is 0 Å². The molecule has 0 bridgehead atoms. The molecule has 1 aromatic carbocycles. The van der Waals surface area contributed by atoms with Crippen molar-refractivity contribution in [2.45, 2.75) is 33.1 Å². The summed E-state index contributed by atoms with van der Waals surface area (Å²) < 4.78 is 0. The lowest BCUT2D eigenvalue weighted by Crippen LogP contribution is -1.84. The molecule has 0 aliphatic heterocycles. The molecule has 0 aliphatic rings. The number of aromatic nitrogens is 1. The summed E-state index contributed by atoms with van der Waals surface area (Å²) in [6.45, 7) is 6.65. The third-order valence-corrected chi connectivity index (χ3v) is 2.81. The average Bonchev–Trinajstić information content (AvgIpc) is 2.59. The molecule has 1 N–H and O–H groups in total. The fraction of sp³-hybridized carbons (Fsp3) is 0.385. The molecule has 2 rings (SSSR count). The molecule has 0 radical (unpaired) electrons. The first kappa shape index (κ1) is 9.32. The maximum absolute atomic E-state index is 3.34. The van der Waals surface area contributed by atoms with Crippen molar-refractivity contribution in [2.75, 3.05) is 0 Å². The van der Waals surface area contributed by atoms with Crippen LogP contribution in [-0.4, -0.2) is 4.98 Å². The summed E-state index contributed by atoms with van der Waals surface area (Å²) in [5, 5.41) is 1.37. The van der Waals surface area contributed by atoms with E-state index in [1.807, 2.05) is 0 Å². The standard InChI is InChI=1S/C13H17N/c1-4-10-5-6-11-12(9(2)3)8-14-13(11)7-10/h5-9,14H,4H2,1-3H3. The maximum Gasteiger partial charge on any atom is 0.0459 e. The fourth-order valence-corrected chi connectivity index (χ4v) is 1.89. The van der Waals surface area contributed by atoms with Gasteiger partial charge in [-0.2, -0.15) is 0 Å². The number of rotatable bonds is 2. The molecular weight excluding hydrogens is 170 g/mol. The van der Waals surface area contributed by atoms with Gasteiger partial charge in [-0.1, -0.05) is 32.9 Å². The molecule has 0 saturated heterocycles. The molecule has 1 heterocycles. The summed E-state index contributed by atoms with van der Waals surface area (Å²) in [6, 6.07) is 6.71. The van der Waals surface area contributed by atoms with E-state index < -0.39 is 0 Å². The van der Waals surface area contributed by atoms with E-state index in [4.69, 9.17) is 0 Å². The minimum atomic E-state index is 0.594. The molecular formula is C13H17N. The number of nitrogens with one attached hydrogen (secondary N) is 1. The monoisotopic (exact) mass is 187 g/mol. The fourth-order valence-electron chi connectivity index (χ4n) is 1.89. The lowest BCUT2D eigenvalue weighted by molar-refractivity contribution is 0.875. The van der Waals surface area contributed by atoms with Gasteiger partial charge in [0.2, 0.25) is 0 Å². The minimum Gasteiger partial charge on any atom is -0.361 e. The van der Waals surface area contributed by atoms with Crippen molar-refractivity contribution >= 4 is 10.9 Å². The van der Waals surface area contributed by atoms with E-state index in [0.29, 0.717) is 5.92 Å². The molecule has 2 aromatic rings. The van der Waals surface area contributed by atoms with Crippen molar-refractivity contribution in [3.05, 3.63) is 35.5 Å². The van der Waals surface area contributed by atoms with Crippen LogP contribution in [0.25, 0.3) is 10.9 Å². The van der Waals surface area contributed by atoms with Gasteiger partial charge in [0, 0.05) is 17.1 Å². The van der Waals surface area contributed by atoms with Gasteiger partial charge < -0.3 is 4.98 Å². The Hall–Kier alpha value is -1.24. The minimum absolute atomic E-state index is 0.594. The third-order valence-electron chi connectivity index (χ3n) is 2.81. The van der Waals surface area contributed by atoms with Crippen LogP contribution in [0, 0.1) is 0 Å². The summed E-state index contributed by atoms with van der Waals surface area (Å²) in [5.74, 6) is 0.594. The van der Waals surface area contributed by atoms with Gasteiger partial charge in [0.25, 0.3) is 0 Å². The molecule has 1 nitrogen and oxygen atoms in total. The molecule has 0 aliphatic carbocycles. The Morgan fingerprint density at radius 2 is 2.07 bits per heavy atom. The molecule has 0 unspecified atom stereocenters. The van der Waals surface area contributed by atoms with Crippen molar-refractivity contribution < 1.29 is 0 Å². The van der Waals surface area contributed by atoms with E-state index in [9.17, 15) is 0 Å². The van der Waals surface area contributed by atoms with Gasteiger partial charge in [0.15, 0.2) is 0 Å². The Morgan fingerprint density at radius 3 is 2.71 bits per heavy atom. The smallest absolute Gasteiger partial charge is 0.0459 e. The zero-order chi connectivity index (χ0) is 10.1. The predicted molar refractivity (Wildman–Crippen MR) is 61.8 cm³/mol. The highest BCUT2D eigenvalue weighted by atomic mass is 14.7. The second kappa shape index (κ2) is 3.49. The highest BCUT2D eigenvalue weighted by Crippen LogP contribution is 2.25. The number of aryl methyl sites for hydroxylation is 1. The van der Waals surface area contributed by atoms with Crippen molar-refractivity contribution in [1.29, 1.82) is 0 Å². The molecule has 1 aromatic heterocycles. The van der Waals surface area contributed by atoms with Gasteiger partial charge >= 0.3 is 0 Å². The van der Waals surface area contributed by atoms with Gasteiger partial charge in [-0.3, -0.25) is 0 Å². The van der Waals surface area contributed by atoms with E-state index in [2.05, 4.69) is 50.2 Å². The normalized spacial score (nSPS) is 11.4. The first-order chi connectivity index (χ1) is 6.72. The molecule has 14 heavy (non-hydrogen) atoms. The Bertz CT molecular complexity index is 437. The topological polar surface area (TPSA) is 15.8 Å². The zero-order valence-corrected chi connectivity index (χ0v) is 9.09. The largest absolute Gasteiger partial charge is 0.361 e. The van der Waals surface area contributed by atoms with Gasteiger partial charge in [0.1, 0.15) is 0 Å². The lowest BCUT2D eigenvalue weighted by atomic mass is 10.0. The molecule has 0 atom stereocenters. The van der Waals surface area contributed by atoms with Crippen molar-refractivity contribution in [3.8, 4) is 0 Å². The van der Waals surface area contributed by atoms with Crippen LogP contribution < -0.4 is 0 Å². The van der Waals surface area contributed by atoms with Crippen LogP contribution in [0.3, 0.4) is 0 Å². The second-order valence-electron chi connectivity index (χ2n) is 4.13. The van der Waals surface area contributed by atoms with E-state index in [0.717, 1.165) is 6.42 Å². The molecule has 0 saturated carbocycles. The summed E-state index contributed by atoms with van der Waals surface area (Å²) in [7, 11) is 0. The van der Waals surface area contributed by atoms with Crippen LogP contribution in [-0.2, 0) is 6.42 Å². The first-order valence-electron chi connectivity index (χ1n) is 5.32. The second-order valence-corrected chi connectivity index (χ2v) is 4.13. The third kappa shape index (κ3) is 1.43. The summed E-state index contributed by atoms with van der Waals surface area (Å²) >= 11 is 0. The van der Waals surface area contributed by atoms with Crippen LogP contribution in [0.5, 0.6) is 0 Å². The molecule has 0 spiro atoms. The summed E-state index contributed by atoms with van der Waals surface area (Å²) in [5.41, 5.74) is 4.09. The molecule has 0 fully saturated rings. The highest BCUT2D eigenvalue weighted by Gasteiger charge is 2.06. The molecule has 0 amide bonds. The summed E-state index contributed by atoms with van der Waals surface area (Å²) in [6.07, 6.45) is 3.24. The van der Waals surface area contributed by atoms with Crippen LogP contribution in [0.2, 0.25) is 0 Å².